The Hall–Kier alpha value is -2.68. The molecule has 0 radical (unpaired) electrons. The number of benzene rings is 2. The van der Waals surface area contributed by atoms with E-state index in [1.165, 1.54) is 11.8 Å². The van der Waals surface area contributed by atoms with Crippen molar-refractivity contribution in [2.75, 3.05) is 48.3 Å². The molecule has 2 heterocycles. The van der Waals surface area contributed by atoms with Crippen LogP contribution in [-0.2, 0) is 25.2 Å². The van der Waals surface area contributed by atoms with Crippen molar-refractivity contribution in [1.29, 1.82) is 0 Å². The maximum absolute atomic E-state index is 15.0. The van der Waals surface area contributed by atoms with Crippen LogP contribution in [0.4, 0.5) is 25.0 Å². The Morgan fingerprint density at radius 2 is 1.89 bits per heavy atom. The number of anilines is 2. The molecule has 2 fully saturated rings. The summed E-state index contributed by atoms with van der Waals surface area (Å²) in [5.41, 5.74) is 0.498. The molecule has 0 bridgehead atoms. The SMILES string of the molecule is CC(=O)NC[C@H]1CN(c2cc(F)c(N3CCP(=O)(OCc4ccccc4Cl)CC3)c(F)c2)C(=O)O1. The molecule has 0 saturated carbocycles. The van der Waals surface area contributed by atoms with Crippen molar-refractivity contribution in [3.8, 4) is 0 Å². The molecule has 2 amide bonds. The van der Waals surface area contributed by atoms with Gasteiger partial charge in [-0.25, -0.2) is 13.6 Å². The summed E-state index contributed by atoms with van der Waals surface area (Å²) in [4.78, 5) is 25.9. The lowest BCUT2D eigenvalue weighted by atomic mass is 10.2. The molecule has 2 aromatic carbocycles. The topological polar surface area (TPSA) is 88.2 Å². The number of halogens is 3. The van der Waals surface area contributed by atoms with E-state index in [2.05, 4.69) is 5.32 Å². The third kappa shape index (κ3) is 5.94. The van der Waals surface area contributed by atoms with Gasteiger partial charge in [0.05, 0.1) is 25.4 Å². The van der Waals surface area contributed by atoms with Crippen LogP contribution in [0.3, 0.4) is 0 Å². The summed E-state index contributed by atoms with van der Waals surface area (Å²) in [6.07, 6.45) is -1.09. The fourth-order valence-corrected chi connectivity index (χ4v) is 6.17. The predicted molar refractivity (Wildman–Crippen MR) is 128 cm³/mol. The second-order valence-electron chi connectivity index (χ2n) is 8.43. The summed E-state index contributed by atoms with van der Waals surface area (Å²) in [5.74, 6) is -1.96. The highest BCUT2D eigenvalue weighted by Gasteiger charge is 2.35. The zero-order chi connectivity index (χ0) is 25.2. The zero-order valence-electron chi connectivity index (χ0n) is 19.0. The smallest absolute Gasteiger partial charge is 0.414 e. The first-order chi connectivity index (χ1) is 16.6. The van der Waals surface area contributed by atoms with Crippen LogP contribution in [0.25, 0.3) is 0 Å². The molecule has 0 unspecified atom stereocenters. The third-order valence-electron chi connectivity index (χ3n) is 5.92. The largest absolute Gasteiger partial charge is 0.442 e. The van der Waals surface area contributed by atoms with E-state index in [9.17, 15) is 14.2 Å². The Labute approximate surface area is 206 Å². The van der Waals surface area contributed by atoms with Crippen molar-refractivity contribution < 1.29 is 32.2 Å². The molecule has 12 heteroatoms. The minimum absolute atomic E-state index is 0.0184. The average Bonchev–Trinajstić information content (AvgIpc) is 3.18. The van der Waals surface area contributed by atoms with Crippen molar-refractivity contribution in [2.45, 2.75) is 19.6 Å². The molecule has 35 heavy (non-hydrogen) atoms. The summed E-state index contributed by atoms with van der Waals surface area (Å²) in [6.45, 7) is 1.89. The number of hydrogen-bond acceptors (Lipinski definition) is 6. The summed E-state index contributed by atoms with van der Waals surface area (Å²) in [5, 5.41) is 3.06. The minimum atomic E-state index is -2.99. The quantitative estimate of drug-likeness (QED) is 0.537. The van der Waals surface area contributed by atoms with Gasteiger partial charge in [0.2, 0.25) is 13.3 Å². The van der Waals surface area contributed by atoms with Gasteiger partial charge in [-0.15, -0.1) is 0 Å². The van der Waals surface area contributed by atoms with Crippen molar-refractivity contribution in [1.82, 2.24) is 5.32 Å². The predicted octanol–water partition coefficient (Wildman–Crippen LogP) is 4.39. The Kier molecular flexibility index (Phi) is 7.64. The summed E-state index contributed by atoms with van der Waals surface area (Å²) in [6, 6.07) is 9.25. The number of carbonyl (C=O) groups excluding carboxylic acids is 2. The molecule has 0 aliphatic carbocycles. The van der Waals surface area contributed by atoms with E-state index >= 15 is 8.78 Å². The number of nitrogens with one attached hydrogen (secondary N) is 1. The van der Waals surface area contributed by atoms with Crippen molar-refractivity contribution in [2.24, 2.45) is 0 Å². The molecule has 2 saturated heterocycles. The second kappa shape index (κ2) is 10.5. The third-order valence-corrected chi connectivity index (χ3v) is 8.65. The number of amides is 2. The minimum Gasteiger partial charge on any atom is -0.442 e. The van der Waals surface area contributed by atoms with Gasteiger partial charge in [0, 0.05) is 49.5 Å². The highest BCUT2D eigenvalue weighted by atomic mass is 35.5. The Morgan fingerprint density at radius 3 is 2.51 bits per heavy atom. The van der Waals surface area contributed by atoms with Gasteiger partial charge in [0.15, 0.2) is 11.6 Å². The van der Waals surface area contributed by atoms with Crippen LogP contribution in [0.1, 0.15) is 12.5 Å². The molecule has 0 aromatic heterocycles. The van der Waals surface area contributed by atoms with Crippen LogP contribution < -0.4 is 15.1 Å². The van der Waals surface area contributed by atoms with Crippen LogP contribution >= 0.6 is 19.0 Å². The molecule has 1 atom stereocenters. The Bertz CT molecular complexity index is 1150. The standard InChI is InChI=1S/C23H25ClF2N3O5P/c1-15(30)27-12-18-13-29(23(31)34-18)17-10-20(25)22(21(26)11-17)28-6-8-35(32,9-7-28)33-14-16-4-2-3-5-19(16)24/h2-5,10-11,18H,6-9,12-14H2,1H3,(H,27,30)/t18-/m0/s1. The summed E-state index contributed by atoms with van der Waals surface area (Å²) < 4.78 is 53.9. The van der Waals surface area contributed by atoms with E-state index in [1.807, 2.05) is 6.07 Å². The highest BCUT2D eigenvalue weighted by Crippen LogP contribution is 2.50. The number of nitrogens with zero attached hydrogens (tertiary/aromatic N) is 2. The Morgan fingerprint density at radius 1 is 1.23 bits per heavy atom. The molecule has 2 aliphatic heterocycles. The number of rotatable bonds is 7. The molecule has 8 nitrogen and oxygen atoms in total. The number of cyclic esters (lactones) is 1. The van der Waals surface area contributed by atoms with Crippen LogP contribution in [0.2, 0.25) is 5.02 Å². The monoisotopic (exact) mass is 527 g/mol. The lowest BCUT2D eigenvalue weighted by Gasteiger charge is -2.34. The van der Waals surface area contributed by atoms with Crippen LogP contribution in [0.5, 0.6) is 0 Å². The molecule has 2 aliphatic rings. The van der Waals surface area contributed by atoms with E-state index in [-0.39, 0.29) is 62.4 Å². The fraction of sp³-hybridized carbons (Fsp3) is 0.391. The van der Waals surface area contributed by atoms with Crippen LogP contribution in [0, 0.1) is 11.6 Å². The molecule has 0 spiro atoms. The molecular weight excluding hydrogens is 503 g/mol. The first-order valence-corrected chi connectivity index (χ1v) is 13.4. The van der Waals surface area contributed by atoms with Gasteiger partial charge in [-0.2, -0.15) is 0 Å². The molecular formula is C23H25ClF2N3O5P. The first kappa shape index (κ1) is 25.4. The maximum atomic E-state index is 15.0. The Balaban J connectivity index is 1.40. The zero-order valence-corrected chi connectivity index (χ0v) is 20.7. The first-order valence-electron chi connectivity index (χ1n) is 11.1. The number of hydrogen-bond donors (Lipinski definition) is 1. The van der Waals surface area contributed by atoms with Gasteiger partial charge < -0.3 is 19.5 Å². The van der Waals surface area contributed by atoms with Gasteiger partial charge in [0.1, 0.15) is 11.8 Å². The van der Waals surface area contributed by atoms with E-state index < -0.39 is 31.2 Å². The van der Waals surface area contributed by atoms with Crippen LogP contribution in [0.15, 0.2) is 36.4 Å². The fourth-order valence-electron chi connectivity index (χ4n) is 4.03. The maximum Gasteiger partial charge on any atom is 0.414 e. The second-order valence-corrected chi connectivity index (χ2v) is 11.6. The van der Waals surface area contributed by atoms with Crippen molar-refractivity contribution in [3.05, 3.63) is 58.6 Å². The van der Waals surface area contributed by atoms with E-state index in [4.69, 9.17) is 20.9 Å². The summed E-state index contributed by atoms with van der Waals surface area (Å²) in [7, 11) is -2.99. The van der Waals surface area contributed by atoms with Crippen LogP contribution in [-0.4, -0.2) is 56.6 Å². The van der Waals surface area contributed by atoms with Crippen molar-refractivity contribution in [3.63, 3.8) is 0 Å². The van der Waals surface area contributed by atoms with Gasteiger partial charge in [-0.05, 0) is 11.6 Å². The van der Waals surface area contributed by atoms with Gasteiger partial charge >= 0.3 is 6.09 Å². The lowest BCUT2D eigenvalue weighted by Crippen LogP contribution is -2.36. The average molecular weight is 528 g/mol. The van der Waals surface area contributed by atoms with Gasteiger partial charge in [0.25, 0.3) is 0 Å². The lowest BCUT2D eigenvalue weighted by molar-refractivity contribution is -0.119. The number of ether oxygens (including phenoxy) is 1. The molecule has 4 rings (SSSR count). The van der Waals surface area contributed by atoms with E-state index in [0.717, 1.165) is 22.6 Å². The molecule has 2 aromatic rings. The molecule has 1 N–H and O–H groups in total. The number of carbonyl (C=O) groups is 2. The van der Waals surface area contributed by atoms with Gasteiger partial charge in [-0.1, -0.05) is 29.8 Å². The van der Waals surface area contributed by atoms with E-state index in [0.29, 0.717) is 5.02 Å². The van der Waals surface area contributed by atoms with E-state index in [1.54, 1.807) is 18.2 Å². The highest BCUT2D eigenvalue weighted by molar-refractivity contribution is 7.59. The van der Waals surface area contributed by atoms with Gasteiger partial charge in [-0.3, -0.25) is 14.3 Å². The summed E-state index contributed by atoms with van der Waals surface area (Å²) >= 11 is 6.12. The van der Waals surface area contributed by atoms with Crippen molar-refractivity contribution >= 4 is 42.3 Å². The normalized spacial score (nSPS) is 19.5. The molecule has 188 valence electrons.